The van der Waals surface area contributed by atoms with Gasteiger partial charge in [-0.1, -0.05) is 19.9 Å². The molecule has 1 amide bonds. The number of hydrogen-bond donors (Lipinski definition) is 2. The monoisotopic (exact) mass is 222 g/mol. The summed E-state index contributed by atoms with van der Waals surface area (Å²) in [5, 5.41) is 2.83. The van der Waals surface area contributed by atoms with Crippen molar-refractivity contribution in [3.63, 3.8) is 0 Å². The Bertz CT molecular complexity index is 375. The highest BCUT2D eigenvalue weighted by molar-refractivity contribution is 5.98. The van der Waals surface area contributed by atoms with Crippen LogP contribution in [0, 0.1) is 5.92 Å². The molecule has 0 atom stereocenters. The van der Waals surface area contributed by atoms with Crippen molar-refractivity contribution in [1.29, 1.82) is 0 Å². The third kappa shape index (κ3) is 2.89. The van der Waals surface area contributed by atoms with Gasteiger partial charge in [0, 0.05) is 6.54 Å². The van der Waals surface area contributed by atoms with E-state index in [0.717, 1.165) is 0 Å². The molecule has 0 aromatic heterocycles. The summed E-state index contributed by atoms with van der Waals surface area (Å²) in [6.45, 7) is 4.71. The van der Waals surface area contributed by atoms with Crippen molar-refractivity contribution in [2.24, 2.45) is 5.92 Å². The zero-order chi connectivity index (χ0) is 12.1. The van der Waals surface area contributed by atoms with Gasteiger partial charge in [0.15, 0.2) is 5.75 Å². The van der Waals surface area contributed by atoms with Crippen LogP contribution in [0.1, 0.15) is 24.2 Å². The number of methoxy groups -OCH3 is 1. The molecule has 1 aromatic carbocycles. The molecule has 0 heterocycles. The van der Waals surface area contributed by atoms with Crippen LogP contribution in [0.4, 0.5) is 5.69 Å². The summed E-state index contributed by atoms with van der Waals surface area (Å²) >= 11 is 0. The molecule has 0 aliphatic rings. The summed E-state index contributed by atoms with van der Waals surface area (Å²) in [5.41, 5.74) is 6.67. The highest BCUT2D eigenvalue weighted by Gasteiger charge is 2.13. The lowest BCUT2D eigenvalue weighted by atomic mass is 10.1. The summed E-state index contributed by atoms with van der Waals surface area (Å²) in [6.07, 6.45) is 0. The highest BCUT2D eigenvalue weighted by Crippen LogP contribution is 2.25. The molecule has 4 nitrogen and oxygen atoms in total. The molecule has 4 heteroatoms. The molecule has 0 saturated carbocycles. The van der Waals surface area contributed by atoms with E-state index in [4.69, 9.17) is 10.5 Å². The number of para-hydroxylation sites is 1. The fourth-order valence-corrected chi connectivity index (χ4v) is 1.35. The van der Waals surface area contributed by atoms with E-state index in [2.05, 4.69) is 5.32 Å². The quantitative estimate of drug-likeness (QED) is 0.761. The lowest BCUT2D eigenvalue weighted by molar-refractivity contribution is 0.0946. The molecule has 0 saturated heterocycles. The first-order valence-corrected chi connectivity index (χ1v) is 5.27. The van der Waals surface area contributed by atoms with E-state index in [0.29, 0.717) is 29.5 Å². The first-order valence-electron chi connectivity index (χ1n) is 5.27. The third-order valence-electron chi connectivity index (χ3n) is 2.17. The minimum absolute atomic E-state index is 0.155. The Labute approximate surface area is 95.8 Å². The van der Waals surface area contributed by atoms with Crippen molar-refractivity contribution >= 4 is 11.6 Å². The molecule has 1 rings (SSSR count). The Hall–Kier alpha value is -1.71. The molecule has 0 unspecified atom stereocenters. The Kier molecular flexibility index (Phi) is 4.17. The van der Waals surface area contributed by atoms with E-state index in [1.165, 1.54) is 7.11 Å². The molecular weight excluding hydrogens is 204 g/mol. The summed E-state index contributed by atoms with van der Waals surface area (Å²) in [5.74, 6) is 0.692. The first-order chi connectivity index (χ1) is 7.56. The largest absolute Gasteiger partial charge is 0.494 e. The maximum atomic E-state index is 11.8. The average Bonchev–Trinajstić information content (AvgIpc) is 2.25. The van der Waals surface area contributed by atoms with Crippen LogP contribution in [-0.2, 0) is 0 Å². The third-order valence-corrected chi connectivity index (χ3v) is 2.17. The summed E-state index contributed by atoms with van der Waals surface area (Å²) in [6, 6.07) is 5.14. The van der Waals surface area contributed by atoms with Crippen LogP contribution in [0.3, 0.4) is 0 Å². The predicted molar refractivity (Wildman–Crippen MR) is 64.6 cm³/mol. The fourth-order valence-electron chi connectivity index (χ4n) is 1.35. The van der Waals surface area contributed by atoms with Gasteiger partial charge in [0.1, 0.15) is 0 Å². The lowest BCUT2D eigenvalue weighted by Crippen LogP contribution is -2.27. The molecule has 1 aromatic rings. The minimum Gasteiger partial charge on any atom is -0.494 e. The first kappa shape index (κ1) is 12.4. The maximum Gasteiger partial charge on any atom is 0.255 e. The van der Waals surface area contributed by atoms with Gasteiger partial charge < -0.3 is 15.8 Å². The number of nitrogens with one attached hydrogen (secondary N) is 1. The second-order valence-corrected chi connectivity index (χ2v) is 4.03. The van der Waals surface area contributed by atoms with Crippen LogP contribution >= 0.6 is 0 Å². The Balaban J connectivity index is 2.86. The van der Waals surface area contributed by atoms with E-state index >= 15 is 0 Å². The Morgan fingerprint density at radius 3 is 2.75 bits per heavy atom. The van der Waals surface area contributed by atoms with Gasteiger partial charge in [-0.2, -0.15) is 0 Å². The van der Waals surface area contributed by atoms with Crippen LogP contribution in [0.25, 0.3) is 0 Å². The van der Waals surface area contributed by atoms with Crippen molar-refractivity contribution < 1.29 is 9.53 Å². The molecule has 0 spiro atoms. The molecule has 3 N–H and O–H groups in total. The van der Waals surface area contributed by atoms with Crippen LogP contribution in [0.5, 0.6) is 5.75 Å². The number of nitrogen functional groups attached to an aromatic ring is 1. The second-order valence-electron chi connectivity index (χ2n) is 4.03. The summed E-state index contributed by atoms with van der Waals surface area (Å²) < 4.78 is 5.12. The van der Waals surface area contributed by atoms with Crippen molar-refractivity contribution in [1.82, 2.24) is 5.32 Å². The zero-order valence-electron chi connectivity index (χ0n) is 9.91. The van der Waals surface area contributed by atoms with Crippen LogP contribution < -0.4 is 15.8 Å². The molecule has 0 aliphatic heterocycles. The van der Waals surface area contributed by atoms with E-state index in [1.54, 1.807) is 18.2 Å². The number of carbonyl (C=O) groups is 1. The van der Waals surface area contributed by atoms with Crippen LogP contribution in [0.2, 0.25) is 0 Å². The Morgan fingerprint density at radius 2 is 2.19 bits per heavy atom. The maximum absolute atomic E-state index is 11.8. The number of amides is 1. The topological polar surface area (TPSA) is 64.3 Å². The molecule has 88 valence electrons. The van der Waals surface area contributed by atoms with Crippen molar-refractivity contribution in [2.75, 3.05) is 19.4 Å². The van der Waals surface area contributed by atoms with Crippen LogP contribution in [0.15, 0.2) is 18.2 Å². The molecule has 16 heavy (non-hydrogen) atoms. The van der Waals surface area contributed by atoms with Gasteiger partial charge in [0.2, 0.25) is 0 Å². The number of ether oxygens (including phenoxy) is 1. The average molecular weight is 222 g/mol. The van der Waals surface area contributed by atoms with Gasteiger partial charge in [-0.3, -0.25) is 4.79 Å². The normalized spacial score (nSPS) is 10.2. The van der Waals surface area contributed by atoms with Gasteiger partial charge in [0.25, 0.3) is 5.91 Å². The second kappa shape index (κ2) is 5.39. The van der Waals surface area contributed by atoms with Gasteiger partial charge in [-0.15, -0.1) is 0 Å². The number of anilines is 1. The molecular formula is C12H18N2O2. The fraction of sp³-hybridized carbons (Fsp3) is 0.417. The number of benzene rings is 1. The smallest absolute Gasteiger partial charge is 0.255 e. The van der Waals surface area contributed by atoms with E-state index in [-0.39, 0.29) is 5.91 Å². The number of rotatable bonds is 4. The highest BCUT2D eigenvalue weighted by atomic mass is 16.5. The number of nitrogens with two attached hydrogens (primary N) is 1. The SMILES string of the molecule is COc1c(N)cccc1C(=O)NCC(C)C. The standard InChI is InChI=1S/C12H18N2O2/c1-8(2)7-14-12(15)9-5-4-6-10(13)11(9)16-3/h4-6,8H,7,13H2,1-3H3,(H,14,15). The van der Waals surface area contributed by atoms with Crippen molar-refractivity contribution in [3.8, 4) is 5.75 Å². The predicted octanol–water partition coefficient (Wildman–Crippen LogP) is 1.66. The van der Waals surface area contributed by atoms with E-state index in [9.17, 15) is 4.79 Å². The van der Waals surface area contributed by atoms with Gasteiger partial charge in [-0.25, -0.2) is 0 Å². The summed E-state index contributed by atoms with van der Waals surface area (Å²) in [7, 11) is 1.50. The van der Waals surface area contributed by atoms with Crippen molar-refractivity contribution in [3.05, 3.63) is 23.8 Å². The van der Waals surface area contributed by atoms with Crippen molar-refractivity contribution in [2.45, 2.75) is 13.8 Å². The lowest BCUT2D eigenvalue weighted by Gasteiger charge is -2.12. The number of hydrogen-bond acceptors (Lipinski definition) is 3. The summed E-state index contributed by atoms with van der Waals surface area (Å²) in [4.78, 5) is 11.8. The van der Waals surface area contributed by atoms with Gasteiger partial charge in [-0.05, 0) is 18.1 Å². The van der Waals surface area contributed by atoms with E-state index in [1.807, 2.05) is 13.8 Å². The van der Waals surface area contributed by atoms with Crippen LogP contribution in [-0.4, -0.2) is 19.6 Å². The zero-order valence-corrected chi connectivity index (χ0v) is 9.91. The van der Waals surface area contributed by atoms with Gasteiger partial charge in [0.05, 0.1) is 18.4 Å². The molecule has 0 radical (unpaired) electrons. The van der Waals surface area contributed by atoms with Gasteiger partial charge >= 0.3 is 0 Å². The molecule has 0 bridgehead atoms. The Morgan fingerprint density at radius 1 is 1.50 bits per heavy atom. The minimum atomic E-state index is -0.155. The van der Waals surface area contributed by atoms with E-state index < -0.39 is 0 Å². The number of carbonyl (C=O) groups excluding carboxylic acids is 1. The molecule has 0 aliphatic carbocycles. The molecule has 0 fully saturated rings.